The Balaban J connectivity index is 2.45. The van der Waals surface area contributed by atoms with Crippen molar-refractivity contribution in [2.45, 2.75) is 19.3 Å². The summed E-state index contributed by atoms with van der Waals surface area (Å²) in [6.45, 7) is 0. The van der Waals surface area contributed by atoms with Gasteiger partial charge in [0.2, 0.25) is 9.05 Å². The highest BCUT2D eigenvalue weighted by Crippen LogP contribution is 2.18. The largest absolute Gasteiger partial charge is 0.494 e. The summed E-state index contributed by atoms with van der Waals surface area (Å²) >= 11 is 0. The third-order valence-electron chi connectivity index (χ3n) is 2.32. The lowest BCUT2D eigenvalue weighted by molar-refractivity contribution is 0.386. The van der Waals surface area contributed by atoms with Crippen molar-refractivity contribution < 1.29 is 17.5 Å². The Morgan fingerprint density at radius 1 is 1.35 bits per heavy atom. The Morgan fingerprint density at radius 3 is 2.59 bits per heavy atom. The van der Waals surface area contributed by atoms with Crippen LogP contribution in [0.1, 0.15) is 18.4 Å². The molecule has 0 aliphatic rings. The summed E-state index contributed by atoms with van der Waals surface area (Å²) in [5, 5.41) is 0. The second-order valence-corrected chi connectivity index (χ2v) is 6.57. The fraction of sp³-hybridized carbons (Fsp3) is 0.455. The van der Waals surface area contributed by atoms with E-state index in [0.29, 0.717) is 19.3 Å². The summed E-state index contributed by atoms with van der Waals surface area (Å²) in [6.07, 6.45) is 1.74. The monoisotopic (exact) mass is 280 g/mol. The van der Waals surface area contributed by atoms with Crippen LogP contribution in [0.15, 0.2) is 18.2 Å². The lowest BCUT2D eigenvalue weighted by Gasteiger charge is -2.04. The molecule has 0 heterocycles. The molecule has 0 unspecified atom stereocenters. The molecule has 3 nitrogen and oxygen atoms in total. The van der Waals surface area contributed by atoms with Crippen LogP contribution in [0.25, 0.3) is 0 Å². The van der Waals surface area contributed by atoms with Crippen molar-refractivity contribution in [1.29, 1.82) is 0 Å². The van der Waals surface area contributed by atoms with Gasteiger partial charge in [-0.05, 0) is 37.0 Å². The molecule has 0 saturated heterocycles. The van der Waals surface area contributed by atoms with Gasteiger partial charge < -0.3 is 4.74 Å². The predicted molar refractivity (Wildman–Crippen MR) is 65.5 cm³/mol. The van der Waals surface area contributed by atoms with E-state index in [-0.39, 0.29) is 11.5 Å². The van der Waals surface area contributed by atoms with Gasteiger partial charge in [-0.1, -0.05) is 6.07 Å². The molecular formula is C11H14ClFO3S. The van der Waals surface area contributed by atoms with Gasteiger partial charge in [0.05, 0.1) is 12.9 Å². The van der Waals surface area contributed by atoms with Gasteiger partial charge in [0, 0.05) is 10.7 Å². The number of aryl methyl sites for hydroxylation is 1. The molecule has 96 valence electrons. The van der Waals surface area contributed by atoms with Gasteiger partial charge in [-0.15, -0.1) is 0 Å². The van der Waals surface area contributed by atoms with Crippen LogP contribution in [0.2, 0.25) is 0 Å². The molecule has 0 spiro atoms. The smallest absolute Gasteiger partial charge is 0.232 e. The number of hydrogen-bond donors (Lipinski definition) is 0. The summed E-state index contributed by atoms with van der Waals surface area (Å²) < 4.78 is 39.4. The minimum absolute atomic E-state index is 0.0484. The topological polar surface area (TPSA) is 43.4 Å². The normalized spacial score (nSPS) is 11.5. The average molecular weight is 281 g/mol. The number of benzene rings is 1. The standard InChI is InChI=1S/C11H14ClFO3S/c1-16-11-6-5-9(8-10(11)13)4-2-3-7-17(12,14)15/h5-6,8H,2-4,7H2,1H3. The zero-order valence-corrected chi connectivity index (χ0v) is 11.0. The molecule has 0 saturated carbocycles. The van der Waals surface area contributed by atoms with Gasteiger partial charge in [-0.2, -0.15) is 0 Å². The fourth-order valence-electron chi connectivity index (χ4n) is 1.47. The lowest BCUT2D eigenvalue weighted by Crippen LogP contribution is -1.98. The number of unbranched alkanes of at least 4 members (excludes halogenated alkanes) is 1. The first-order chi connectivity index (χ1) is 7.92. The minimum atomic E-state index is -3.42. The molecule has 1 aromatic carbocycles. The molecule has 1 aromatic rings. The number of methoxy groups -OCH3 is 1. The molecule has 0 aliphatic carbocycles. The van der Waals surface area contributed by atoms with E-state index in [1.165, 1.54) is 13.2 Å². The Kier molecular flexibility index (Phi) is 5.21. The van der Waals surface area contributed by atoms with Gasteiger partial charge >= 0.3 is 0 Å². The van der Waals surface area contributed by atoms with Crippen molar-refractivity contribution in [2.75, 3.05) is 12.9 Å². The molecule has 6 heteroatoms. The van der Waals surface area contributed by atoms with E-state index < -0.39 is 14.9 Å². The molecule has 0 radical (unpaired) electrons. The summed E-state index contributed by atoms with van der Waals surface area (Å²) in [7, 11) is 3.06. The number of ether oxygens (including phenoxy) is 1. The Bertz CT molecular complexity index is 474. The second kappa shape index (κ2) is 6.21. The highest BCUT2D eigenvalue weighted by Gasteiger charge is 2.06. The van der Waals surface area contributed by atoms with Crippen molar-refractivity contribution >= 4 is 19.7 Å². The quantitative estimate of drug-likeness (QED) is 0.594. The van der Waals surface area contributed by atoms with Gasteiger partial charge in [-0.3, -0.25) is 0 Å². The molecule has 0 fully saturated rings. The molecule has 0 N–H and O–H groups in total. The van der Waals surface area contributed by atoms with Crippen LogP contribution in [0, 0.1) is 5.82 Å². The van der Waals surface area contributed by atoms with Crippen molar-refractivity contribution in [2.24, 2.45) is 0 Å². The summed E-state index contributed by atoms with van der Waals surface area (Å²) in [4.78, 5) is 0. The van der Waals surface area contributed by atoms with E-state index in [1.54, 1.807) is 12.1 Å². The highest BCUT2D eigenvalue weighted by molar-refractivity contribution is 8.13. The van der Waals surface area contributed by atoms with Gasteiger partial charge in [-0.25, -0.2) is 12.8 Å². The molecule has 1 rings (SSSR count). The third kappa shape index (κ3) is 5.37. The third-order valence-corrected chi connectivity index (χ3v) is 3.56. The van der Waals surface area contributed by atoms with Crippen LogP contribution in [-0.2, 0) is 15.5 Å². The van der Waals surface area contributed by atoms with Gasteiger partial charge in [0.1, 0.15) is 0 Å². The maximum absolute atomic E-state index is 13.3. The Morgan fingerprint density at radius 2 is 2.06 bits per heavy atom. The first-order valence-corrected chi connectivity index (χ1v) is 7.65. The maximum atomic E-state index is 13.3. The van der Waals surface area contributed by atoms with Crippen LogP contribution in [-0.4, -0.2) is 21.3 Å². The van der Waals surface area contributed by atoms with E-state index in [0.717, 1.165) is 5.56 Å². The summed E-state index contributed by atoms with van der Waals surface area (Å²) in [6, 6.07) is 4.72. The van der Waals surface area contributed by atoms with Gasteiger partial charge in [0.25, 0.3) is 0 Å². The zero-order chi connectivity index (χ0) is 12.9. The summed E-state index contributed by atoms with van der Waals surface area (Å²) in [5.41, 5.74) is 0.815. The van der Waals surface area contributed by atoms with E-state index in [4.69, 9.17) is 15.4 Å². The summed E-state index contributed by atoms with van der Waals surface area (Å²) in [5.74, 6) is -0.250. The number of hydrogen-bond acceptors (Lipinski definition) is 3. The van der Waals surface area contributed by atoms with Crippen molar-refractivity contribution in [3.8, 4) is 5.75 Å². The Labute approximate surface area is 105 Å². The van der Waals surface area contributed by atoms with E-state index in [1.807, 2.05) is 0 Å². The first-order valence-electron chi connectivity index (χ1n) is 5.17. The van der Waals surface area contributed by atoms with Crippen LogP contribution < -0.4 is 4.74 Å². The van der Waals surface area contributed by atoms with E-state index >= 15 is 0 Å². The number of rotatable bonds is 6. The molecule has 17 heavy (non-hydrogen) atoms. The SMILES string of the molecule is COc1ccc(CCCCS(=O)(=O)Cl)cc1F. The minimum Gasteiger partial charge on any atom is -0.494 e. The van der Waals surface area contributed by atoms with Crippen molar-refractivity contribution in [3.05, 3.63) is 29.6 Å². The zero-order valence-electron chi connectivity index (χ0n) is 9.45. The van der Waals surface area contributed by atoms with Crippen LogP contribution in [0.5, 0.6) is 5.75 Å². The molecule has 0 amide bonds. The highest BCUT2D eigenvalue weighted by atomic mass is 35.7. The molecule has 0 atom stereocenters. The van der Waals surface area contributed by atoms with E-state index in [2.05, 4.69) is 0 Å². The van der Waals surface area contributed by atoms with Crippen LogP contribution in [0.4, 0.5) is 4.39 Å². The fourth-order valence-corrected chi connectivity index (χ4v) is 2.35. The first kappa shape index (κ1) is 14.3. The average Bonchev–Trinajstić information content (AvgIpc) is 2.23. The molecule has 0 aromatic heterocycles. The van der Waals surface area contributed by atoms with Crippen LogP contribution in [0.3, 0.4) is 0 Å². The lowest BCUT2D eigenvalue weighted by atomic mass is 10.1. The van der Waals surface area contributed by atoms with Gasteiger partial charge in [0.15, 0.2) is 11.6 Å². The van der Waals surface area contributed by atoms with Crippen LogP contribution >= 0.6 is 10.7 Å². The maximum Gasteiger partial charge on any atom is 0.232 e. The second-order valence-electron chi connectivity index (χ2n) is 3.67. The Hall–Kier alpha value is -0.810. The van der Waals surface area contributed by atoms with E-state index in [9.17, 15) is 12.8 Å². The molecule has 0 aliphatic heterocycles. The number of halogens is 2. The van der Waals surface area contributed by atoms with Crippen molar-refractivity contribution in [3.63, 3.8) is 0 Å². The molecule has 0 bridgehead atoms. The molecular weight excluding hydrogens is 267 g/mol. The van der Waals surface area contributed by atoms with Crippen molar-refractivity contribution in [1.82, 2.24) is 0 Å². The predicted octanol–water partition coefficient (Wildman–Crippen LogP) is 2.73.